The summed E-state index contributed by atoms with van der Waals surface area (Å²) in [5.74, 6) is 0.468. The molecule has 9 heteroatoms. The van der Waals surface area contributed by atoms with E-state index in [0.717, 1.165) is 55.8 Å². The van der Waals surface area contributed by atoms with Gasteiger partial charge in [-0.2, -0.15) is 0 Å². The number of nitrogens with zero attached hydrogens (tertiary/aromatic N) is 2. The van der Waals surface area contributed by atoms with Crippen molar-refractivity contribution < 1.29 is 14.7 Å². The Morgan fingerprint density at radius 3 is 2.72 bits per heavy atom. The van der Waals surface area contributed by atoms with Gasteiger partial charge < -0.3 is 37.4 Å². The molecule has 6 atom stereocenters. The number of nitrogens with two attached hydrogens (primary N) is 3. The van der Waals surface area contributed by atoms with E-state index < -0.39 is 12.0 Å². The number of carbonyl (C=O) groups excluding carboxylic acids is 1. The molecule has 0 spiro atoms. The SMILES string of the molecule is CCCCC(N)CCC1C=CC2Cc3cc4ccc(CC=O)cc4cc3C1C2CC([N-]c1ccc[nH]1)C(=CC(=O)O)CN=C(N)N. The van der Waals surface area contributed by atoms with Crippen molar-refractivity contribution in [2.45, 2.75) is 76.3 Å². The first-order valence-electron chi connectivity index (χ1n) is 16.5. The minimum Gasteiger partial charge on any atom is -0.478 e. The Morgan fingerprint density at radius 1 is 1.15 bits per heavy atom. The fraction of sp³-hybridized carbons (Fsp3) is 0.432. The minimum atomic E-state index is -1.06. The third kappa shape index (κ3) is 8.07. The highest BCUT2D eigenvalue weighted by Crippen LogP contribution is 2.53. The number of aromatic amines is 1. The lowest BCUT2D eigenvalue weighted by molar-refractivity contribution is -0.131. The third-order valence-electron chi connectivity index (χ3n) is 9.73. The number of guanidine groups is 1. The number of allylic oxidation sites excluding steroid dienone is 2. The van der Waals surface area contributed by atoms with Crippen LogP contribution in [-0.2, 0) is 22.4 Å². The van der Waals surface area contributed by atoms with E-state index in [1.54, 1.807) is 0 Å². The molecule has 0 amide bonds. The number of carboxylic acids is 1. The van der Waals surface area contributed by atoms with Crippen LogP contribution in [0.3, 0.4) is 0 Å². The van der Waals surface area contributed by atoms with Crippen LogP contribution in [0.4, 0.5) is 5.82 Å². The molecule has 0 radical (unpaired) electrons. The second-order valence-corrected chi connectivity index (χ2v) is 12.9. The predicted molar refractivity (Wildman–Crippen MR) is 185 cm³/mol. The van der Waals surface area contributed by atoms with Gasteiger partial charge in [-0.1, -0.05) is 86.4 Å². The first-order chi connectivity index (χ1) is 22.2. The van der Waals surface area contributed by atoms with Crippen molar-refractivity contribution in [3.63, 3.8) is 0 Å². The molecule has 46 heavy (non-hydrogen) atoms. The standard InChI is InChI=1S/C37H47N6O3/c1-2-3-5-30(38)12-11-24-9-10-26-18-28-17-25-8-7-23(13-15-44)16-27(25)19-31(28)36(24)32(26)21-33(43-34-6-4-14-41-34)29(20-35(45)46)22-42-37(39)40/h4,6-10,14-17,19-20,24,26,30,32-33,36,41H,2-3,5,11-13,18,21-22,38H2,1H3,(H,45,46)(H4,39,40,42)/q-1. The molecule has 2 bridgehead atoms. The van der Waals surface area contributed by atoms with Crippen molar-refractivity contribution in [2.24, 2.45) is 39.9 Å². The number of benzene rings is 2. The highest BCUT2D eigenvalue weighted by molar-refractivity contribution is 5.86. The van der Waals surface area contributed by atoms with Crippen LogP contribution in [0.15, 0.2) is 77.5 Å². The molecule has 0 aliphatic heterocycles. The van der Waals surface area contributed by atoms with Gasteiger partial charge in [0.15, 0.2) is 5.96 Å². The Hall–Kier alpha value is -4.37. The van der Waals surface area contributed by atoms with Crippen molar-refractivity contribution in [1.29, 1.82) is 0 Å². The van der Waals surface area contributed by atoms with Gasteiger partial charge in [-0.15, -0.1) is 0 Å². The molecule has 6 unspecified atom stereocenters. The van der Waals surface area contributed by atoms with Crippen LogP contribution in [0.1, 0.15) is 68.1 Å². The van der Waals surface area contributed by atoms with Gasteiger partial charge in [-0.25, -0.2) is 9.79 Å². The number of aromatic nitrogens is 1. The number of rotatable bonds is 16. The molecular weight excluding hydrogens is 576 g/mol. The number of fused-ring (bicyclic) bond motifs is 5. The van der Waals surface area contributed by atoms with Crippen molar-refractivity contribution in [3.05, 3.63) is 94.5 Å². The zero-order valence-corrected chi connectivity index (χ0v) is 26.6. The van der Waals surface area contributed by atoms with Crippen LogP contribution in [0, 0.1) is 17.8 Å². The molecule has 3 aromatic rings. The summed E-state index contributed by atoms with van der Waals surface area (Å²) < 4.78 is 0. The van der Waals surface area contributed by atoms with Gasteiger partial charge >= 0.3 is 5.97 Å². The number of hydrogen-bond acceptors (Lipinski definition) is 4. The maximum absolute atomic E-state index is 12.0. The normalized spacial score (nSPS) is 21.7. The van der Waals surface area contributed by atoms with Crippen LogP contribution >= 0.6 is 0 Å². The van der Waals surface area contributed by atoms with Crippen LogP contribution in [0.25, 0.3) is 16.1 Å². The number of unbranched alkanes of at least 4 members (excludes halogenated alkanes) is 1. The number of aliphatic imine (C=N–C) groups is 1. The monoisotopic (exact) mass is 623 g/mol. The van der Waals surface area contributed by atoms with Gasteiger partial charge in [0.25, 0.3) is 0 Å². The van der Waals surface area contributed by atoms with Crippen molar-refractivity contribution in [1.82, 2.24) is 4.98 Å². The Kier molecular flexibility index (Phi) is 11.0. The molecule has 2 aromatic carbocycles. The predicted octanol–water partition coefficient (Wildman–Crippen LogP) is 6.01. The molecule has 5 rings (SSSR count). The number of aliphatic carboxylic acids is 1. The van der Waals surface area contributed by atoms with E-state index in [1.807, 2.05) is 24.4 Å². The number of aldehydes is 1. The van der Waals surface area contributed by atoms with E-state index in [-0.39, 0.29) is 42.2 Å². The average Bonchev–Trinajstić information content (AvgIpc) is 3.54. The van der Waals surface area contributed by atoms with E-state index in [0.29, 0.717) is 24.2 Å². The molecule has 8 N–H and O–H groups in total. The van der Waals surface area contributed by atoms with Gasteiger partial charge in [-0.3, -0.25) is 0 Å². The number of H-pyrrole nitrogens is 1. The summed E-state index contributed by atoms with van der Waals surface area (Å²) in [5.41, 5.74) is 22.2. The number of nitrogens with one attached hydrogen (secondary N) is 1. The topological polar surface area (TPSA) is 175 Å². The number of hydrogen-bond donors (Lipinski definition) is 5. The Bertz CT molecular complexity index is 1590. The van der Waals surface area contributed by atoms with Gasteiger partial charge in [0, 0.05) is 18.5 Å². The Morgan fingerprint density at radius 2 is 2.00 bits per heavy atom. The summed E-state index contributed by atoms with van der Waals surface area (Å²) in [4.78, 5) is 30.7. The first-order valence-corrected chi connectivity index (χ1v) is 16.5. The number of carboxylic acid groups (broad SMARTS) is 1. The highest BCUT2D eigenvalue weighted by atomic mass is 16.4. The molecule has 0 saturated carbocycles. The fourth-order valence-corrected chi connectivity index (χ4v) is 7.51. The third-order valence-corrected chi connectivity index (χ3v) is 9.73. The van der Waals surface area contributed by atoms with Crippen LogP contribution < -0.4 is 17.2 Å². The lowest BCUT2D eigenvalue weighted by Gasteiger charge is -2.47. The van der Waals surface area contributed by atoms with Gasteiger partial charge in [0.05, 0.1) is 6.54 Å². The van der Waals surface area contributed by atoms with Gasteiger partial charge in [0.2, 0.25) is 0 Å². The van der Waals surface area contributed by atoms with Gasteiger partial charge in [-0.05, 0) is 94.9 Å². The molecule has 244 valence electrons. The summed E-state index contributed by atoms with van der Waals surface area (Å²) in [6.45, 7) is 2.25. The summed E-state index contributed by atoms with van der Waals surface area (Å²) in [5, 5.41) is 17.2. The Balaban J connectivity index is 1.56. The van der Waals surface area contributed by atoms with E-state index in [2.05, 4.69) is 53.3 Å². The largest absolute Gasteiger partial charge is 0.478 e. The van der Waals surface area contributed by atoms with Crippen molar-refractivity contribution in [3.8, 4) is 0 Å². The van der Waals surface area contributed by atoms with Crippen molar-refractivity contribution in [2.75, 3.05) is 6.54 Å². The van der Waals surface area contributed by atoms with Crippen LogP contribution in [0.2, 0.25) is 0 Å². The second kappa shape index (κ2) is 15.3. The zero-order valence-electron chi connectivity index (χ0n) is 26.6. The second-order valence-electron chi connectivity index (χ2n) is 12.9. The molecule has 2 aliphatic carbocycles. The highest BCUT2D eigenvalue weighted by Gasteiger charge is 2.42. The average molecular weight is 624 g/mol. The van der Waals surface area contributed by atoms with E-state index in [1.165, 1.54) is 22.6 Å². The first kappa shape index (κ1) is 33.0. The smallest absolute Gasteiger partial charge is 0.328 e. The molecular formula is C37H47N6O3-. The van der Waals surface area contributed by atoms with E-state index in [4.69, 9.17) is 22.5 Å². The van der Waals surface area contributed by atoms with E-state index in [9.17, 15) is 14.7 Å². The molecule has 2 aliphatic rings. The minimum absolute atomic E-state index is 0.0534. The van der Waals surface area contributed by atoms with Crippen LogP contribution in [0.5, 0.6) is 0 Å². The van der Waals surface area contributed by atoms with E-state index >= 15 is 0 Å². The summed E-state index contributed by atoms with van der Waals surface area (Å²) in [6, 6.07) is 14.4. The number of carbonyl (C=O) groups is 2. The van der Waals surface area contributed by atoms with Gasteiger partial charge in [0.1, 0.15) is 6.29 Å². The lowest BCUT2D eigenvalue weighted by atomic mass is 9.58. The summed E-state index contributed by atoms with van der Waals surface area (Å²) >= 11 is 0. The summed E-state index contributed by atoms with van der Waals surface area (Å²) in [7, 11) is 0. The zero-order chi connectivity index (χ0) is 32.6. The molecule has 1 aromatic heterocycles. The quantitative estimate of drug-likeness (QED) is 0.0429. The lowest BCUT2D eigenvalue weighted by Crippen LogP contribution is -2.38. The maximum Gasteiger partial charge on any atom is 0.328 e. The van der Waals surface area contributed by atoms with Crippen molar-refractivity contribution >= 4 is 34.8 Å². The molecule has 1 heterocycles. The molecule has 0 saturated heterocycles. The summed E-state index contributed by atoms with van der Waals surface area (Å²) in [6.07, 6.45) is 15.9. The van der Waals surface area contributed by atoms with Crippen LogP contribution in [-0.4, -0.2) is 46.9 Å². The Labute approximate surface area is 271 Å². The maximum atomic E-state index is 12.0. The molecule has 0 fully saturated rings. The molecule has 9 nitrogen and oxygen atoms in total. The fourth-order valence-electron chi connectivity index (χ4n) is 7.51.